The summed E-state index contributed by atoms with van der Waals surface area (Å²) < 4.78 is 0. The molecule has 19 heavy (non-hydrogen) atoms. The van der Waals surface area contributed by atoms with Crippen molar-refractivity contribution in [3.63, 3.8) is 0 Å². The first-order chi connectivity index (χ1) is 8.92. The molecule has 1 aliphatic heterocycles. The van der Waals surface area contributed by atoms with Crippen LogP contribution in [0.15, 0.2) is 47.8 Å². The van der Waals surface area contributed by atoms with E-state index in [-0.39, 0.29) is 12.4 Å². The van der Waals surface area contributed by atoms with Crippen LogP contribution < -0.4 is 5.32 Å². The zero-order valence-electron chi connectivity index (χ0n) is 10.9. The number of hydrogen-bond donors (Lipinski definition) is 1. The minimum absolute atomic E-state index is 0. The highest BCUT2D eigenvalue weighted by Gasteiger charge is 2.22. The van der Waals surface area contributed by atoms with Crippen molar-refractivity contribution in [3.8, 4) is 0 Å². The predicted octanol–water partition coefficient (Wildman–Crippen LogP) is 4.60. The van der Waals surface area contributed by atoms with Gasteiger partial charge in [0.25, 0.3) is 0 Å². The van der Waals surface area contributed by atoms with Gasteiger partial charge in [-0.25, -0.2) is 0 Å². The summed E-state index contributed by atoms with van der Waals surface area (Å²) in [7, 11) is 0. The Kier molecular flexibility index (Phi) is 5.44. The molecule has 0 aliphatic carbocycles. The molecule has 1 aromatic heterocycles. The number of piperidine rings is 1. The number of thiophene rings is 1. The minimum atomic E-state index is 0. The van der Waals surface area contributed by atoms with E-state index in [0.29, 0.717) is 12.1 Å². The van der Waals surface area contributed by atoms with Crippen molar-refractivity contribution in [2.24, 2.45) is 0 Å². The van der Waals surface area contributed by atoms with Gasteiger partial charge in [-0.05, 0) is 42.7 Å². The third kappa shape index (κ3) is 3.82. The number of nitrogens with one attached hydrogen (secondary N) is 1. The maximum Gasteiger partial charge on any atom is 0.0417 e. The zero-order chi connectivity index (χ0) is 12.2. The average molecular weight is 294 g/mol. The van der Waals surface area contributed by atoms with E-state index in [9.17, 15) is 0 Å². The molecule has 0 bridgehead atoms. The molecule has 0 amide bonds. The van der Waals surface area contributed by atoms with Crippen LogP contribution in [0.4, 0.5) is 0 Å². The lowest BCUT2D eigenvalue weighted by Gasteiger charge is -2.30. The molecular formula is C16H20ClNS. The van der Waals surface area contributed by atoms with Gasteiger partial charge in [-0.1, -0.05) is 36.4 Å². The Morgan fingerprint density at radius 3 is 2.63 bits per heavy atom. The molecule has 0 spiro atoms. The van der Waals surface area contributed by atoms with Crippen molar-refractivity contribution < 1.29 is 0 Å². The topological polar surface area (TPSA) is 12.0 Å². The van der Waals surface area contributed by atoms with E-state index in [4.69, 9.17) is 0 Å². The number of rotatable bonds is 3. The van der Waals surface area contributed by atoms with Crippen LogP contribution in [0.25, 0.3) is 0 Å². The molecule has 1 N–H and O–H groups in total. The molecule has 3 heteroatoms. The van der Waals surface area contributed by atoms with Crippen LogP contribution in [0.3, 0.4) is 0 Å². The van der Waals surface area contributed by atoms with Crippen molar-refractivity contribution in [1.82, 2.24) is 5.32 Å². The Balaban J connectivity index is 0.00000133. The molecule has 1 nitrogen and oxygen atoms in total. The first-order valence-corrected chi connectivity index (χ1v) is 7.63. The number of benzene rings is 1. The van der Waals surface area contributed by atoms with Crippen LogP contribution >= 0.6 is 23.7 Å². The van der Waals surface area contributed by atoms with Crippen LogP contribution in [0.1, 0.15) is 35.7 Å². The Hall–Kier alpha value is -0.830. The third-order valence-electron chi connectivity index (χ3n) is 3.69. The van der Waals surface area contributed by atoms with E-state index in [1.54, 1.807) is 0 Å². The molecule has 2 aromatic rings. The lowest BCUT2D eigenvalue weighted by Crippen LogP contribution is -2.38. The summed E-state index contributed by atoms with van der Waals surface area (Å²) in [6.45, 7) is 0. The number of halogens is 1. The van der Waals surface area contributed by atoms with Gasteiger partial charge in [0, 0.05) is 17.0 Å². The zero-order valence-corrected chi connectivity index (χ0v) is 12.6. The molecule has 1 aromatic carbocycles. The highest BCUT2D eigenvalue weighted by Crippen LogP contribution is 2.29. The maximum absolute atomic E-state index is 3.81. The van der Waals surface area contributed by atoms with Gasteiger partial charge in [0.05, 0.1) is 0 Å². The summed E-state index contributed by atoms with van der Waals surface area (Å²) in [5, 5.41) is 5.99. The summed E-state index contributed by atoms with van der Waals surface area (Å²) in [5.74, 6) is 0. The normalized spacial score (nSPS) is 22.7. The fourth-order valence-corrected chi connectivity index (χ4v) is 3.61. The van der Waals surface area contributed by atoms with Crippen LogP contribution in [0, 0.1) is 0 Å². The fourth-order valence-electron chi connectivity index (χ4n) is 2.79. The second-order valence-corrected chi connectivity index (χ2v) is 6.03. The van der Waals surface area contributed by atoms with E-state index in [0.717, 1.165) is 6.42 Å². The number of hydrogen-bond acceptors (Lipinski definition) is 2. The van der Waals surface area contributed by atoms with E-state index in [1.165, 1.54) is 29.7 Å². The highest BCUT2D eigenvalue weighted by molar-refractivity contribution is 7.10. The lowest BCUT2D eigenvalue weighted by atomic mass is 9.93. The second kappa shape index (κ2) is 7.09. The van der Waals surface area contributed by atoms with Crippen molar-refractivity contribution in [2.45, 2.75) is 37.8 Å². The Bertz CT molecular complexity index is 469. The molecule has 1 aliphatic rings. The summed E-state index contributed by atoms with van der Waals surface area (Å²) in [4.78, 5) is 1.49. The molecule has 0 saturated carbocycles. The standard InChI is InChI=1S/C16H19NS.ClH/c1-2-6-13(7-3-1)12-14-8-4-9-15(17-14)16-10-5-11-18-16;/h1-3,5-7,10-11,14-15,17H,4,8-9,12H2;1H. The molecule has 102 valence electrons. The largest absolute Gasteiger partial charge is 0.306 e. The van der Waals surface area contributed by atoms with Gasteiger partial charge < -0.3 is 5.32 Å². The van der Waals surface area contributed by atoms with Crippen molar-refractivity contribution in [1.29, 1.82) is 0 Å². The SMILES string of the molecule is Cl.c1ccc(CC2CCCC(c3cccs3)N2)cc1. The Morgan fingerprint density at radius 2 is 1.89 bits per heavy atom. The summed E-state index contributed by atoms with van der Waals surface area (Å²) in [5.41, 5.74) is 1.45. The van der Waals surface area contributed by atoms with Crippen molar-refractivity contribution in [2.75, 3.05) is 0 Å². The van der Waals surface area contributed by atoms with Crippen molar-refractivity contribution >= 4 is 23.7 Å². The van der Waals surface area contributed by atoms with Gasteiger partial charge in [-0.15, -0.1) is 23.7 Å². The van der Waals surface area contributed by atoms with Gasteiger partial charge >= 0.3 is 0 Å². The predicted molar refractivity (Wildman–Crippen MR) is 85.2 cm³/mol. The fraction of sp³-hybridized carbons (Fsp3) is 0.375. The van der Waals surface area contributed by atoms with Crippen molar-refractivity contribution in [3.05, 3.63) is 58.3 Å². The molecule has 2 heterocycles. The Morgan fingerprint density at radius 1 is 1.05 bits per heavy atom. The molecule has 2 atom stereocenters. The van der Waals surface area contributed by atoms with Gasteiger partial charge in [0.2, 0.25) is 0 Å². The smallest absolute Gasteiger partial charge is 0.0417 e. The lowest BCUT2D eigenvalue weighted by molar-refractivity contribution is 0.326. The minimum Gasteiger partial charge on any atom is -0.306 e. The quantitative estimate of drug-likeness (QED) is 0.872. The van der Waals surface area contributed by atoms with Crippen LogP contribution in [-0.4, -0.2) is 6.04 Å². The van der Waals surface area contributed by atoms with Gasteiger partial charge in [0.1, 0.15) is 0 Å². The molecule has 1 fully saturated rings. The molecular weight excluding hydrogens is 274 g/mol. The Labute approximate surface area is 125 Å². The van der Waals surface area contributed by atoms with E-state index >= 15 is 0 Å². The van der Waals surface area contributed by atoms with Gasteiger partial charge in [-0.2, -0.15) is 0 Å². The first-order valence-electron chi connectivity index (χ1n) is 6.75. The summed E-state index contributed by atoms with van der Waals surface area (Å²) in [6, 6.07) is 16.4. The maximum atomic E-state index is 3.81. The van der Waals surface area contributed by atoms with E-state index in [1.807, 2.05) is 11.3 Å². The van der Waals surface area contributed by atoms with Crippen LogP contribution in [0.2, 0.25) is 0 Å². The van der Waals surface area contributed by atoms with Crippen LogP contribution in [-0.2, 0) is 6.42 Å². The molecule has 3 rings (SSSR count). The van der Waals surface area contributed by atoms with Crippen LogP contribution in [0.5, 0.6) is 0 Å². The van der Waals surface area contributed by atoms with Gasteiger partial charge in [-0.3, -0.25) is 0 Å². The van der Waals surface area contributed by atoms with Gasteiger partial charge in [0.15, 0.2) is 0 Å². The van der Waals surface area contributed by atoms with E-state index in [2.05, 4.69) is 53.2 Å². The molecule has 0 radical (unpaired) electrons. The molecule has 1 saturated heterocycles. The summed E-state index contributed by atoms with van der Waals surface area (Å²) in [6.07, 6.45) is 5.08. The second-order valence-electron chi connectivity index (χ2n) is 5.05. The molecule has 2 unspecified atom stereocenters. The monoisotopic (exact) mass is 293 g/mol. The third-order valence-corrected chi connectivity index (χ3v) is 4.68. The highest BCUT2D eigenvalue weighted by atomic mass is 35.5. The summed E-state index contributed by atoms with van der Waals surface area (Å²) >= 11 is 1.88. The van der Waals surface area contributed by atoms with E-state index < -0.39 is 0 Å². The first kappa shape index (κ1) is 14.6. The average Bonchev–Trinajstić information content (AvgIpc) is 2.94.